The molecule has 2 heterocycles. The van der Waals surface area contributed by atoms with Crippen molar-refractivity contribution in [2.45, 2.75) is 57.0 Å². The summed E-state index contributed by atoms with van der Waals surface area (Å²) in [5.41, 5.74) is 2.22. The van der Waals surface area contributed by atoms with Gasteiger partial charge in [-0.3, -0.25) is 9.36 Å². The topological polar surface area (TPSA) is 69.9 Å². The lowest BCUT2D eigenvalue weighted by Gasteiger charge is -2.36. The number of pyridine rings is 1. The number of aryl methyl sites for hydroxylation is 1. The summed E-state index contributed by atoms with van der Waals surface area (Å²) >= 11 is 0. The van der Waals surface area contributed by atoms with Crippen LogP contribution < -0.4 is 20.2 Å². The third-order valence-corrected chi connectivity index (χ3v) is 12.4. The number of ether oxygens (including phenoxy) is 3. The normalized spacial score (nSPS) is 21.7. The zero-order valence-corrected chi connectivity index (χ0v) is 23.5. The van der Waals surface area contributed by atoms with Crippen LogP contribution in [-0.4, -0.2) is 50.8 Å². The van der Waals surface area contributed by atoms with Crippen LogP contribution in [0, 0.1) is 5.92 Å². The maximum Gasteiger partial charge on any atom is 0.297 e. The van der Waals surface area contributed by atoms with E-state index in [4.69, 9.17) is 14.2 Å². The van der Waals surface area contributed by atoms with E-state index in [1.807, 2.05) is 30.3 Å². The van der Waals surface area contributed by atoms with Gasteiger partial charge in [-0.2, -0.15) is 0 Å². The van der Waals surface area contributed by atoms with E-state index in [1.165, 1.54) is 12.3 Å². The molecule has 3 aromatic rings. The second-order valence-electron chi connectivity index (χ2n) is 10.5. The standard InChI is InChI=1S/C30H39NO5Si/c1-21-26(16-11-22-8-6-9-23(20-22)31-18-7-10-28(35-3)30(31)33)36-27(17-19-32)29(21)37(4,5)25-14-12-24(34-2)13-15-25/h6-10,12-15,18,20-21,26-27,29,32H,11,16-17,19H2,1-5H3/t21-,26+,27-,29+/m0/s1. The van der Waals surface area contributed by atoms with E-state index in [2.05, 4.69) is 44.3 Å². The Balaban J connectivity index is 1.51. The molecule has 0 bridgehead atoms. The van der Waals surface area contributed by atoms with Crippen LogP contribution in [0.5, 0.6) is 11.5 Å². The van der Waals surface area contributed by atoms with E-state index in [9.17, 15) is 9.90 Å². The molecular formula is C30H39NO5Si. The van der Waals surface area contributed by atoms with Crippen molar-refractivity contribution in [3.8, 4) is 17.2 Å². The lowest BCUT2D eigenvalue weighted by atomic mass is 9.95. The Morgan fingerprint density at radius 3 is 2.41 bits per heavy atom. The van der Waals surface area contributed by atoms with Gasteiger partial charge in [0, 0.05) is 18.5 Å². The molecular weight excluding hydrogens is 482 g/mol. The molecule has 0 saturated carbocycles. The molecule has 2 aromatic carbocycles. The first-order valence-corrected chi connectivity index (χ1v) is 16.1. The van der Waals surface area contributed by atoms with Crippen molar-refractivity contribution >= 4 is 13.3 Å². The van der Waals surface area contributed by atoms with Crippen molar-refractivity contribution in [2.24, 2.45) is 5.92 Å². The SMILES string of the molecule is COc1ccc([Si](C)(C)[C@@H]2[C@@H](C)[C@@H](CCc3cccc(-n4cccc(OC)c4=O)c3)O[C@H]2CCO)cc1. The quantitative estimate of drug-likeness (QED) is 0.396. The Bertz CT molecular complexity index is 1240. The number of benzene rings is 2. The fourth-order valence-electron chi connectivity index (χ4n) is 6.05. The molecule has 4 rings (SSSR count). The fourth-order valence-corrected chi connectivity index (χ4v) is 10.2. The van der Waals surface area contributed by atoms with Gasteiger partial charge in [-0.1, -0.05) is 49.5 Å². The highest BCUT2D eigenvalue weighted by molar-refractivity contribution is 6.91. The second-order valence-corrected chi connectivity index (χ2v) is 15.2. The van der Waals surface area contributed by atoms with E-state index in [1.54, 1.807) is 23.9 Å². The van der Waals surface area contributed by atoms with E-state index < -0.39 is 8.07 Å². The first kappa shape index (κ1) is 27.2. The van der Waals surface area contributed by atoms with Crippen molar-refractivity contribution in [2.75, 3.05) is 20.8 Å². The summed E-state index contributed by atoms with van der Waals surface area (Å²) < 4.78 is 18.8. The highest BCUT2D eigenvalue weighted by Gasteiger charge is 2.50. The van der Waals surface area contributed by atoms with Gasteiger partial charge in [-0.15, -0.1) is 0 Å². The number of aliphatic hydroxyl groups excluding tert-OH is 1. The molecule has 1 fully saturated rings. The Kier molecular flexibility index (Phi) is 8.57. The summed E-state index contributed by atoms with van der Waals surface area (Å²) in [5.74, 6) is 1.57. The van der Waals surface area contributed by atoms with Crippen molar-refractivity contribution in [1.82, 2.24) is 4.57 Å². The van der Waals surface area contributed by atoms with Gasteiger partial charge in [0.2, 0.25) is 0 Å². The summed E-state index contributed by atoms with van der Waals surface area (Å²) in [4.78, 5) is 12.7. The summed E-state index contributed by atoms with van der Waals surface area (Å²) in [6.07, 6.45) is 4.34. The zero-order chi connectivity index (χ0) is 26.6. The summed E-state index contributed by atoms with van der Waals surface area (Å²) in [5, 5.41) is 11.2. The molecule has 37 heavy (non-hydrogen) atoms. The molecule has 1 aliphatic rings. The molecule has 0 radical (unpaired) electrons. The van der Waals surface area contributed by atoms with Crippen LogP contribution in [-0.2, 0) is 11.2 Å². The second kappa shape index (κ2) is 11.7. The first-order chi connectivity index (χ1) is 17.8. The molecule has 0 spiro atoms. The Morgan fingerprint density at radius 1 is 0.973 bits per heavy atom. The number of hydrogen-bond acceptors (Lipinski definition) is 5. The van der Waals surface area contributed by atoms with Crippen LogP contribution in [0.25, 0.3) is 5.69 Å². The van der Waals surface area contributed by atoms with Gasteiger partial charge >= 0.3 is 0 Å². The third-order valence-electron chi connectivity index (χ3n) is 8.02. The smallest absolute Gasteiger partial charge is 0.297 e. The lowest BCUT2D eigenvalue weighted by molar-refractivity contribution is 0.0196. The Labute approximate surface area is 220 Å². The molecule has 6 nitrogen and oxygen atoms in total. The number of methoxy groups -OCH3 is 2. The van der Waals surface area contributed by atoms with Crippen LogP contribution >= 0.6 is 0 Å². The summed E-state index contributed by atoms with van der Waals surface area (Å²) in [6.45, 7) is 7.28. The molecule has 198 valence electrons. The monoisotopic (exact) mass is 521 g/mol. The van der Waals surface area contributed by atoms with Crippen LogP contribution in [0.15, 0.2) is 71.7 Å². The number of aromatic nitrogens is 1. The molecule has 1 aliphatic heterocycles. The molecule has 0 unspecified atom stereocenters. The Hall–Kier alpha value is -2.87. The van der Waals surface area contributed by atoms with Crippen molar-refractivity contribution < 1.29 is 19.3 Å². The third kappa shape index (κ3) is 5.69. The van der Waals surface area contributed by atoms with Gasteiger partial charge < -0.3 is 19.3 Å². The van der Waals surface area contributed by atoms with Crippen molar-refractivity contribution in [3.63, 3.8) is 0 Å². The van der Waals surface area contributed by atoms with Crippen LogP contribution in [0.4, 0.5) is 0 Å². The predicted octanol–water partition coefficient (Wildman–Crippen LogP) is 4.56. The highest BCUT2D eigenvalue weighted by Crippen LogP contribution is 2.46. The van der Waals surface area contributed by atoms with Crippen molar-refractivity contribution in [3.05, 3.63) is 82.8 Å². The van der Waals surface area contributed by atoms with Gasteiger partial charge in [-0.25, -0.2) is 0 Å². The summed E-state index contributed by atoms with van der Waals surface area (Å²) in [7, 11) is 1.30. The van der Waals surface area contributed by atoms with Gasteiger partial charge in [0.15, 0.2) is 5.75 Å². The van der Waals surface area contributed by atoms with Gasteiger partial charge in [0.25, 0.3) is 5.56 Å². The van der Waals surface area contributed by atoms with E-state index in [0.29, 0.717) is 23.6 Å². The molecule has 7 heteroatoms. The van der Waals surface area contributed by atoms with Gasteiger partial charge in [0.1, 0.15) is 5.75 Å². The average molecular weight is 522 g/mol. The highest BCUT2D eigenvalue weighted by atomic mass is 28.3. The predicted molar refractivity (Wildman–Crippen MR) is 150 cm³/mol. The fraction of sp³-hybridized carbons (Fsp3) is 0.433. The number of aliphatic hydroxyl groups is 1. The minimum atomic E-state index is -1.91. The van der Waals surface area contributed by atoms with Gasteiger partial charge in [-0.05, 0) is 72.7 Å². The molecule has 0 aliphatic carbocycles. The largest absolute Gasteiger partial charge is 0.497 e. The van der Waals surface area contributed by atoms with Crippen molar-refractivity contribution in [1.29, 1.82) is 0 Å². The molecule has 0 amide bonds. The van der Waals surface area contributed by atoms with Crippen LogP contribution in [0.1, 0.15) is 25.3 Å². The molecule has 1 aromatic heterocycles. The summed E-state index contributed by atoms with van der Waals surface area (Å²) in [6, 6.07) is 20.1. The molecule has 1 N–H and O–H groups in total. The first-order valence-electron chi connectivity index (χ1n) is 13.1. The zero-order valence-electron chi connectivity index (χ0n) is 22.5. The lowest BCUT2D eigenvalue weighted by Crippen LogP contribution is -2.50. The van der Waals surface area contributed by atoms with E-state index in [-0.39, 0.29) is 24.4 Å². The minimum absolute atomic E-state index is 0.0514. The van der Waals surface area contributed by atoms with E-state index in [0.717, 1.165) is 29.8 Å². The maximum atomic E-state index is 12.7. The minimum Gasteiger partial charge on any atom is -0.497 e. The average Bonchev–Trinajstić information content (AvgIpc) is 3.23. The molecule has 1 saturated heterocycles. The maximum absolute atomic E-state index is 12.7. The molecule has 4 atom stereocenters. The van der Waals surface area contributed by atoms with Gasteiger partial charge in [0.05, 0.1) is 34.5 Å². The van der Waals surface area contributed by atoms with Crippen LogP contribution in [0.3, 0.4) is 0 Å². The number of nitrogens with zero attached hydrogens (tertiary/aromatic N) is 1. The Morgan fingerprint density at radius 2 is 1.73 bits per heavy atom. The van der Waals surface area contributed by atoms with E-state index >= 15 is 0 Å². The number of hydrogen-bond donors (Lipinski definition) is 1. The number of rotatable bonds is 10. The van der Waals surface area contributed by atoms with Crippen LogP contribution in [0.2, 0.25) is 18.6 Å².